The van der Waals surface area contributed by atoms with Gasteiger partial charge < -0.3 is 9.88 Å². The Labute approximate surface area is 102 Å². The minimum absolute atomic E-state index is 0.966. The van der Waals surface area contributed by atoms with E-state index in [4.69, 9.17) is 0 Å². The molecule has 1 heterocycles. The van der Waals surface area contributed by atoms with Crippen molar-refractivity contribution in [3.8, 4) is 0 Å². The largest absolute Gasteiger partial charge is 0.366 e. The Hall–Kier alpha value is -1.77. The Kier molecular flexibility index (Phi) is 3.18. The summed E-state index contributed by atoms with van der Waals surface area (Å²) in [6.07, 6.45) is 1.87. The van der Waals surface area contributed by atoms with Crippen molar-refractivity contribution in [2.45, 2.75) is 20.8 Å². The molecule has 0 spiro atoms. The van der Waals surface area contributed by atoms with Crippen LogP contribution in [0.15, 0.2) is 23.2 Å². The fourth-order valence-corrected chi connectivity index (χ4v) is 1.78. The van der Waals surface area contributed by atoms with E-state index in [-0.39, 0.29) is 0 Å². The van der Waals surface area contributed by atoms with Crippen LogP contribution in [0.1, 0.15) is 18.2 Å². The third-order valence-electron chi connectivity index (χ3n) is 3.19. The lowest BCUT2D eigenvalue weighted by Crippen LogP contribution is -2.14. The number of aromatic nitrogens is 1. The molecule has 1 aromatic heterocycles. The van der Waals surface area contributed by atoms with Crippen LogP contribution in [-0.4, -0.2) is 29.8 Å². The molecule has 0 aliphatic carbocycles. The first-order valence-corrected chi connectivity index (χ1v) is 5.95. The Bertz CT molecular complexity index is 552. The van der Waals surface area contributed by atoms with E-state index in [0.717, 1.165) is 12.2 Å². The number of aliphatic imine (C=N–C) groups is 1. The number of fused-ring (bicyclic) bond motifs is 1. The van der Waals surface area contributed by atoms with E-state index in [9.17, 15) is 0 Å². The number of H-pyrrole nitrogens is 1. The van der Waals surface area contributed by atoms with Crippen LogP contribution in [0.3, 0.4) is 0 Å². The molecule has 0 radical (unpaired) electrons. The van der Waals surface area contributed by atoms with Crippen molar-refractivity contribution in [1.82, 2.24) is 9.88 Å². The lowest BCUT2D eigenvalue weighted by molar-refractivity contribution is 0.552. The molecule has 0 aliphatic heterocycles. The number of nitrogens with one attached hydrogen (secondary N) is 1. The summed E-state index contributed by atoms with van der Waals surface area (Å²) in [5.41, 5.74) is 4.72. The lowest BCUT2D eigenvalue weighted by Gasteiger charge is -2.07. The van der Waals surface area contributed by atoms with Crippen LogP contribution in [0.25, 0.3) is 10.9 Å². The number of aryl methyl sites for hydroxylation is 2. The van der Waals surface area contributed by atoms with Gasteiger partial charge in [-0.15, -0.1) is 0 Å². The van der Waals surface area contributed by atoms with Crippen molar-refractivity contribution in [2.75, 3.05) is 13.6 Å². The summed E-state index contributed by atoms with van der Waals surface area (Å²) in [5, 5.41) is 1.26. The van der Waals surface area contributed by atoms with Gasteiger partial charge in [0.2, 0.25) is 0 Å². The zero-order valence-electron chi connectivity index (χ0n) is 10.9. The van der Waals surface area contributed by atoms with Crippen LogP contribution in [0, 0.1) is 13.8 Å². The second kappa shape index (κ2) is 4.62. The number of rotatable bonds is 3. The molecule has 3 heteroatoms. The molecule has 0 bridgehead atoms. The smallest absolute Gasteiger partial charge is 0.0909 e. The topological polar surface area (TPSA) is 31.4 Å². The standard InChI is InChI=1S/C14H19N3/c1-5-17(4)9-15-12-6-7-14-13(8-12)10(2)11(3)16-14/h6-9,16H,5H2,1-4H3/b15-9-. The molecule has 2 rings (SSSR count). The van der Waals surface area contributed by atoms with Gasteiger partial charge in [0.15, 0.2) is 0 Å². The Morgan fingerprint density at radius 1 is 1.35 bits per heavy atom. The van der Waals surface area contributed by atoms with E-state index in [1.54, 1.807) is 0 Å². The van der Waals surface area contributed by atoms with Gasteiger partial charge in [-0.1, -0.05) is 0 Å². The van der Waals surface area contributed by atoms with Gasteiger partial charge in [0.1, 0.15) is 0 Å². The highest BCUT2D eigenvalue weighted by molar-refractivity contribution is 5.87. The molecular formula is C14H19N3. The van der Waals surface area contributed by atoms with E-state index in [1.165, 1.54) is 22.2 Å². The van der Waals surface area contributed by atoms with E-state index in [0.29, 0.717) is 0 Å². The summed E-state index contributed by atoms with van der Waals surface area (Å²) in [4.78, 5) is 9.89. The molecule has 0 unspecified atom stereocenters. The van der Waals surface area contributed by atoms with Crippen LogP contribution >= 0.6 is 0 Å². The van der Waals surface area contributed by atoms with Crippen molar-refractivity contribution in [3.05, 3.63) is 29.5 Å². The molecule has 0 saturated carbocycles. The molecule has 0 fully saturated rings. The van der Waals surface area contributed by atoms with Gasteiger partial charge in [-0.25, -0.2) is 4.99 Å². The van der Waals surface area contributed by atoms with E-state index in [2.05, 4.69) is 47.8 Å². The van der Waals surface area contributed by atoms with Crippen molar-refractivity contribution in [1.29, 1.82) is 0 Å². The summed E-state index contributed by atoms with van der Waals surface area (Å²) in [6, 6.07) is 6.26. The maximum atomic E-state index is 4.46. The molecule has 1 N–H and O–H groups in total. The average Bonchev–Trinajstić information content (AvgIpc) is 2.62. The molecule has 1 aromatic carbocycles. The van der Waals surface area contributed by atoms with Crippen LogP contribution in [0.2, 0.25) is 0 Å². The first kappa shape index (κ1) is 11.7. The van der Waals surface area contributed by atoms with Crippen molar-refractivity contribution in [2.24, 2.45) is 4.99 Å². The molecule has 3 nitrogen and oxygen atoms in total. The first-order valence-electron chi connectivity index (χ1n) is 5.95. The summed E-state index contributed by atoms with van der Waals surface area (Å²) in [6.45, 7) is 7.31. The highest BCUT2D eigenvalue weighted by atomic mass is 15.1. The van der Waals surface area contributed by atoms with Gasteiger partial charge in [0.25, 0.3) is 0 Å². The number of aromatic amines is 1. The fraction of sp³-hybridized carbons (Fsp3) is 0.357. The monoisotopic (exact) mass is 229 g/mol. The minimum atomic E-state index is 0.966. The number of hydrogen-bond acceptors (Lipinski definition) is 1. The highest BCUT2D eigenvalue weighted by Gasteiger charge is 2.04. The van der Waals surface area contributed by atoms with Gasteiger partial charge in [-0.2, -0.15) is 0 Å². The summed E-state index contributed by atoms with van der Waals surface area (Å²) >= 11 is 0. The maximum Gasteiger partial charge on any atom is 0.0909 e. The molecule has 2 aromatic rings. The lowest BCUT2D eigenvalue weighted by atomic mass is 10.1. The highest BCUT2D eigenvalue weighted by Crippen LogP contribution is 2.25. The molecule has 0 amide bonds. The van der Waals surface area contributed by atoms with Gasteiger partial charge in [0.05, 0.1) is 12.0 Å². The Morgan fingerprint density at radius 2 is 2.12 bits per heavy atom. The van der Waals surface area contributed by atoms with E-state index >= 15 is 0 Å². The fourth-order valence-electron chi connectivity index (χ4n) is 1.78. The molecule has 0 saturated heterocycles. The van der Waals surface area contributed by atoms with Gasteiger partial charge in [-0.3, -0.25) is 0 Å². The van der Waals surface area contributed by atoms with Crippen LogP contribution in [0.4, 0.5) is 5.69 Å². The molecule has 0 aliphatic rings. The number of benzene rings is 1. The second-order valence-corrected chi connectivity index (χ2v) is 4.42. The average molecular weight is 229 g/mol. The third kappa shape index (κ3) is 2.33. The van der Waals surface area contributed by atoms with Gasteiger partial charge in [0, 0.05) is 30.2 Å². The van der Waals surface area contributed by atoms with Gasteiger partial charge in [-0.05, 0) is 44.5 Å². The molecular weight excluding hydrogens is 210 g/mol. The summed E-state index contributed by atoms with van der Waals surface area (Å²) < 4.78 is 0. The normalized spacial score (nSPS) is 11.5. The quantitative estimate of drug-likeness (QED) is 0.635. The van der Waals surface area contributed by atoms with E-state index < -0.39 is 0 Å². The SMILES string of the molecule is CCN(C)/C=N\c1ccc2[nH]c(C)c(C)c2c1. The maximum absolute atomic E-state index is 4.46. The molecule has 90 valence electrons. The first-order chi connectivity index (χ1) is 8.11. The summed E-state index contributed by atoms with van der Waals surface area (Å²) in [7, 11) is 2.02. The second-order valence-electron chi connectivity index (χ2n) is 4.42. The van der Waals surface area contributed by atoms with Crippen molar-refractivity contribution in [3.63, 3.8) is 0 Å². The number of nitrogens with zero attached hydrogens (tertiary/aromatic N) is 2. The minimum Gasteiger partial charge on any atom is -0.366 e. The summed E-state index contributed by atoms with van der Waals surface area (Å²) in [5.74, 6) is 0. The zero-order valence-corrected chi connectivity index (χ0v) is 10.9. The Balaban J connectivity index is 2.37. The van der Waals surface area contributed by atoms with Crippen LogP contribution < -0.4 is 0 Å². The van der Waals surface area contributed by atoms with E-state index in [1.807, 2.05) is 19.5 Å². The number of hydrogen-bond donors (Lipinski definition) is 1. The van der Waals surface area contributed by atoms with Crippen LogP contribution in [0.5, 0.6) is 0 Å². The predicted molar refractivity (Wildman–Crippen MR) is 74.2 cm³/mol. The zero-order chi connectivity index (χ0) is 12.4. The van der Waals surface area contributed by atoms with Gasteiger partial charge >= 0.3 is 0 Å². The predicted octanol–water partition coefficient (Wildman–Crippen LogP) is 3.40. The van der Waals surface area contributed by atoms with Crippen molar-refractivity contribution < 1.29 is 0 Å². The molecule has 17 heavy (non-hydrogen) atoms. The molecule has 0 atom stereocenters. The van der Waals surface area contributed by atoms with Crippen LogP contribution in [-0.2, 0) is 0 Å². The Morgan fingerprint density at radius 3 is 2.82 bits per heavy atom. The third-order valence-corrected chi connectivity index (χ3v) is 3.19. The van der Waals surface area contributed by atoms with Crippen molar-refractivity contribution >= 4 is 22.9 Å².